The molecule has 1 atom stereocenters. The molecule has 2 aliphatic heterocycles. The number of piperidine rings is 2. The lowest BCUT2D eigenvalue weighted by Gasteiger charge is -2.42. The molecule has 47 heavy (non-hydrogen) atoms. The van der Waals surface area contributed by atoms with Gasteiger partial charge in [0.25, 0.3) is 0 Å². The van der Waals surface area contributed by atoms with E-state index in [0.29, 0.717) is 10.9 Å². The van der Waals surface area contributed by atoms with Crippen molar-refractivity contribution in [2.24, 2.45) is 5.41 Å². The summed E-state index contributed by atoms with van der Waals surface area (Å²) < 4.78 is 81.4. The van der Waals surface area contributed by atoms with E-state index in [4.69, 9.17) is 4.98 Å². The molecule has 254 valence electrons. The number of hydrogen-bond donors (Lipinski definition) is 2. The second kappa shape index (κ2) is 13.8. The number of rotatable bonds is 9. The molecule has 3 aromatic rings. The molecule has 7 nitrogen and oxygen atoms in total. The van der Waals surface area contributed by atoms with Crippen LogP contribution in [0.15, 0.2) is 48.7 Å². The van der Waals surface area contributed by atoms with E-state index in [9.17, 15) is 41.0 Å². The number of aliphatic carboxylic acids is 1. The van der Waals surface area contributed by atoms with E-state index in [1.165, 1.54) is 19.3 Å². The van der Waals surface area contributed by atoms with Crippen LogP contribution in [0.25, 0.3) is 22.0 Å². The summed E-state index contributed by atoms with van der Waals surface area (Å²) in [5.74, 6) is -3.07. The molecule has 0 saturated carbocycles. The van der Waals surface area contributed by atoms with Crippen molar-refractivity contribution in [3.63, 3.8) is 0 Å². The predicted molar refractivity (Wildman–Crippen MR) is 165 cm³/mol. The van der Waals surface area contributed by atoms with E-state index < -0.39 is 68.2 Å². The number of likely N-dealkylation sites (tertiary alicyclic amines) is 2. The Morgan fingerprint density at radius 1 is 0.936 bits per heavy atom. The minimum atomic E-state index is -5.09. The first-order chi connectivity index (χ1) is 22.2. The van der Waals surface area contributed by atoms with Gasteiger partial charge in [0.2, 0.25) is 5.91 Å². The van der Waals surface area contributed by atoms with Gasteiger partial charge in [0.1, 0.15) is 11.5 Å². The first-order valence-electron chi connectivity index (χ1n) is 15.8. The van der Waals surface area contributed by atoms with E-state index in [2.05, 4.69) is 16.3 Å². The molecule has 0 bridgehead atoms. The fourth-order valence-electron chi connectivity index (χ4n) is 6.84. The Labute approximate surface area is 268 Å². The summed E-state index contributed by atoms with van der Waals surface area (Å²) in [6.07, 6.45) is -6.35. The third-order valence-corrected chi connectivity index (χ3v) is 9.37. The maximum atomic E-state index is 14.3. The maximum Gasteiger partial charge on any atom is 0.403 e. The van der Waals surface area contributed by atoms with E-state index >= 15 is 0 Å². The lowest BCUT2D eigenvalue weighted by molar-refractivity contribution is -0.236. The molecule has 1 amide bonds. The number of halogens is 6. The fraction of sp³-hybridized carbons (Fsp3) is 0.500. The second-order valence-corrected chi connectivity index (χ2v) is 12.7. The van der Waals surface area contributed by atoms with Crippen molar-refractivity contribution in [2.75, 3.05) is 32.7 Å². The van der Waals surface area contributed by atoms with Crippen LogP contribution in [0.4, 0.5) is 26.3 Å². The van der Waals surface area contributed by atoms with Crippen LogP contribution >= 0.6 is 0 Å². The summed E-state index contributed by atoms with van der Waals surface area (Å²) in [6, 6.07) is 11.1. The number of carbonyl (C=O) groups excluding carboxylic acids is 1. The van der Waals surface area contributed by atoms with E-state index in [0.717, 1.165) is 52.3 Å². The zero-order valence-corrected chi connectivity index (χ0v) is 26.1. The van der Waals surface area contributed by atoms with Crippen LogP contribution in [0.3, 0.4) is 0 Å². The van der Waals surface area contributed by atoms with Gasteiger partial charge in [-0.3, -0.25) is 19.6 Å². The molecule has 13 heteroatoms. The molecule has 0 radical (unpaired) electrons. The predicted octanol–water partition coefficient (Wildman–Crippen LogP) is 6.51. The van der Waals surface area contributed by atoms with Crippen LogP contribution in [0, 0.1) is 12.3 Å². The highest BCUT2D eigenvalue weighted by molar-refractivity contribution is 5.98. The molecule has 0 aliphatic carbocycles. The minimum Gasteiger partial charge on any atom is -0.480 e. The molecule has 3 heterocycles. The summed E-state index contributed by atoms with van der Waals surface area (Å²) in [6.45, 7) is 2.31. The van der Waals surface area contributed by atoms with Gasteiger partial charge in [-0.25, -0.2) is 4.79 Å². The number of pyridine rings is 1. The van der Waals surface area contributed by atoms with Gasteiger partial charge < -0.3 is 10.4 Å². The average molecular weight is 665 g/mol. The van der Waals surface area contributed by atoms with E-state index in [1.54, 1.807) is 24.3 Å². The molecule has 2 aliphatic rings. The van der Waals surface area contributed by atoms with Gasteiger partial charge in [0.05, 0.1) is 12.2 Å². The highest BCUT2D eigenvalue weighted by atomic mass is 19.4. The van der Waals surface area contributed by atoms with Gasteiger partial charge in [0.15, 0.2) is 0 Å². The summed E-state index contributed by atoms with van der Waals surface area (Å²) >= 11 is 0. The smallest absolute Gasteiger partial charge is 0.403 e. The molecule has 0 spiro atoms. The van der Waals surface area contributed by atoms with Gasteiger partial charge in [-0.05, 0) is 86.2 Å². The van der Waals surface area contributed by atoms with Gasteiger partial charge in [-0.2, -0.15) is 26.3 Å². The molecule has 2 saturated heterocycles. The van der Waals surface area contributed by atoms with Gasteiger partial charge in [-0.15, -0.1) is 0 Å². The van der Waals surface area contributed by atoms with Gasteiger partial charge in [-0.1, -0.05) is 48.9 Å². The number of carboxylic acids is 1. The fourth-order valence-corrected chi connectivity index (χ4v) is 6.84. The van der Waals surface area contributed by atoms with Crippen molar-refractivity contribution in [1.82, 2.24) is 20.1 Å². The molecular weight excluding hydrogens is 626 g/mol. The van der Waals surface area contributed by atoms with Crippen LogP contribution in [0.5, 0.6) is 0 Å². The molecular formula is C34H38F6N4O3. The molecule has 5 rings (SSSR count). The molecule has 2 aromatic carbocycles. The van der Waals surface area contributed by atoms with Crippen molar-refractivity contribution in [2.45, 2.75) is 70.4 Å². The average Bonchev–Trinajstić information content (AvgIpc) is 3.00. The van der Waals surface area contributed by atoms with Gasteiger partial charge in [0, 0.05) is 24.7 Å². The zero-order chi connectivity index (χ0) is 34.0. The first kappa shape index (κ1) is 34.6. The Kier molecular flexibility index (Phi) is 10.2. The monoisotopic (exact) mass is 664 g/mol. The molecule has 2 N–H and O–H groups in total. The van der Waals surface area contributed by atoms with Gasteiger partial charge >= 0.3 is 18.3 Å². The highest BCUT2D eigenvalue weighted by Crippen LogP contribution is 2.47. The van der Waals surface area contributed by atoms with E-state index in [1.807, 2.05) is 25.3 Å². The number of nitrogens with zero attached hydrogens (tertiary/aromatic N) is 3. The number of benzene rings is 2. The summed E-state index contributed by atoms with van der Waals surface area (Å²) in [7, 11) is 0. The van der Waals surface area contributed by atoms with Crippen LogP contribution in [-0.2, 0) is 22.6 Å². The van der Waals surface area contributed by atoms with Crippen molar-refractivity contribution >= 4 is 22.6 Å². The third kappa shape index (κ3) is 7.89. The highest BCUT2D eigenvalue weighted by Gasteiger charge is 2.61. The Hall–Kier alpha value is -3.71. The summed E-state index contributed by atoms with van der Waals surface area (Å²) in [5, 5.41) is 13.5. The van der Waals surface area contributed by atoms with Crippen LogP contribution < -0.4 is 5.32 Å². The number of carboxylic acid groups (broad SMARTS) is 1. The lowest BCUT2D eigenvalue weighted by atomic mass is 9.76. The lowest BCUT2D eigenvalue weighted by Crippen LogP contribution is -2.59. The second-order valence-electron chi connectivity index (χ2n) is 12.7. The number of aromatic nitrogens is 1. The van der Waals surface area contributed by atoms with E-state index in [-0.39, 0.29) is 6.42 Å². The SMILES string of the molecule is Cc1cc(CN2CCCCC2)cnc1-c1cccc2c(C[C@H](NC(=O)C3(C(F)(F)F)CCN(CC(F)(F)F)CC3)C(=O)O)cccc12. The molecule has 2 fully saturated rings. The number of amides is 1. The number of fused-ring (bicyclic) bond motifs is 1. The molecule has 0 unspecified atom stereocenters. The number of nitrogens with one attached hydrogen (secondary N) is 1. The Morgan fingerprint density at radius 3 is 2.21 bits per heavy atom. The first-order valence-corrected chi connectivity index (χ1v) is 15.8. The van der Waals surface area contributed by atoms with Crippen molar-refractivity contribution in [3.8, 4) is 11.3 Å². The number of aryl methyl sites for hydroxylation is 1. The largest absolute Gasteiger partial charge is 0.480 e. The van der Waals surface area contributed by atoms with Crippen LogP contribution in [-0.4, -0.2) is 82.9 Å². The third-order valence-electron chi connectivity index (χ3n) is 9.37. The van der Waals surface area contributed by atoms with Crippen molar-refractivity contribution < 1.29 is 41.0 Å². The quantitative estimate of drug-likeness (QED) is 0.254. The van der Waals surface area contributed by atoms with Crippen LogP contribution in [0.2, 0.25) is 0 Å². The molecule has 1 aromatic heterocycles. The Bertz CT molecular complexity index is 1590. The normalized spacial score (nSPS) is 18.6. The van der Waals surface area contributed by atoms with Crippen molar-refractivity contribution in [1.29, 1.82) is 0 Å². The maximum absolute atomic E-state index is 14.3. The summed E-state index contributed by atoms with van der Waals surface area (Å²) in [4.78, 5) is 33.5. The Morgan fingerprint density at radius 2 is 1.60 bits per heavy atom. The number of hydrogen-bond acceptors (Lipinski definition) is 5. The topological polar surface area (TPSA) is 85.8 Å². The zero-order valence-electron chi connectivity index (χ0n) is 26.1. The number of carbonyl (C=O) groups is 2. The number of alkyl halides is 6. The Balaban J connectivity index is 1.37. The minimum absolute atomic E-state index is 0.308. The van der Waals surface area contributed by atoms with Crippen molar-refractivity contribution in [3.05, 3.63) is 65.4 Å². The summed E-state index contributed by atoms with van der Waals surface area (Å²) in [5.41, 5.74) is 1.13. The standard InChI is InChI=1S/C34H38F6N4O3/c1-22-17-23(20-43-13-3-2-4-14-43)19-41-29(22)27-10-6-8-25-24(7-5-9-26(25)27)18-28(30(45)46)42-31(47)32(34(38,39)40)11-15-44(16-12-32)21-33(35,36)37/h5-10,17,19,28H,2-4,11-16,18,20-21H2,1H3,(H,42,47)(H,45,46)/t28-/m0/s1. The van der Waals surface area contributed by atoms with Crippen LogP contribution in [0.1, 0.15) is 48.8 Å².